The van der Waals surface area contributed by atoms with Crippen LogP contribution in [0.2, 0.25) is 0 Å². The minimum atomic E-state index is -0.333. The molecule has 1 unspecified atom stereocenters. The summed E-state index contributed by atoms with van der Waals surface area (Å²) in [6.07, 6.45) is 7.03. The van der Waals surface area contributed by atoms with E-state index in [0.717, 1.165) is 37.0 Å². The van der Waals surface area contributed by atoms with Gasteiger partial charge in [-0.1, -0.05) is 18.2 Å². The van der Waals surface area contributed by atoms with E-state index in [1.807, 2.05) is 30.5 Å². The lowest BCUT2D eigenvalue weighted by molar-refractivity contribution is 0.155. The average molecular weight is 269 g/mol. The van der Waals surface area contributed by atoms with E-state index in [9.17, 15) is 5.11 Å². The molecule has 1 aliphatic carbocycles. The van der Waals surface area contributed by atoms with Crippen LogP contribution < -0.4 is 4.74 Å². The number of nitrogens with zero attached hydrogens (tertiary/aromatic N) is 1. The maximum absolute atomic E-state index is 10.0. The van der Waals surface area contributed by atoms with Crippen LogP contribution in [-0.4, -0.2) is 16.7 Å². The van der Waals surface area contributed by atoms with Gasteiger partial charge in [0.25, 0.3) is 0 Å². The molecular weight excluding hydrogens is 250 g/mol. The third-order valence-electron chi connectivity index (χ3n) is 3.80. The molecule has 1 aliphatic rings. The fraction of sp³-hybridized carbons (Fsp3) is 0.353. The van der Waals surface area contributed by atoms with Gasteiger partial charge < -0.3 is 9.84 Å². The second kappa shape index (κ2) is 6.06. The van der Waals surface area contributed by atoms with Crippen LogP contribution in [0, 0.1) is 0 Å². The molecular formula is C17H19NO2. The SMILES string of the molecule is OC1CCCc2c(OCCc3cccnc3)cccc21. The van der Waals surface area contributed by atoms with Gasteiger partial charge >= 0.3 is 0 Å². The molecule has 104 valence electrons. The first-order valence-electron chi connectivity index (χ1n) is 7.16. The van der Waals surface area contributed by atoms with Crippen molar-refractivity contribution in [2.75, 3.05) is 6.61 Å². The van der Waals surface area contributed by atoms with Gasteiger partial charge in [0, 0.05) is 18.8 Å². The largest absolute Gasteiger partial charge is 0.493 e. The molecule has 1 heterocycles. The van der Waals surface area contributed by atoms with Gasteiger partial charge in [0.1, 0.15) is 5.75 Å². The summed E-state index contributed by atoms with van der Waals surface area (Å²) >= 11 is 0. The van der Waals surface area contributed by atoms with E-state index in [1.165, 1.54) is 11.1 Å². The lowest BCUT2D eigenvalue weighted by Gasteiger charge is -2.23. The summed E-state index contributed by atoms with van der Waals surface area (Å²) in [4.78, 5) is 4.10. The van der Waals surface area contributed by atoms with Gasteiger partial charge in [-0.05, 0) is 48.1 Å². The Morgan fingerprint density at radius 3 is 3.05 bits per heavy atom. The fourth-order valence-corrected chi connectivity index (χ4v) is 2.75. The number of hydrogen-bond acceptors (Lipinski definition) is 3. The highest BCUT2D eigenvalue weighted by Crippen LogP contribution is 2.35. The summed E-state index contributed by atoms with van der Waals surface area (Å²) in [6, 6.07) is 9.97. The zero-order valence-corrected chi connectivity index (χ0v) is 11.5. The number of fused-ring (bicyclic) bond motifs is 1. The molecule has 0 spiro atoms. The van der Waals surface area contributed by atoms with E-state index >= 15 is 0 Å². The number of aliphatic hydroxyl groups excluding tert-OH is 1. The van der Waals surface area contributed by atoms with Crippen LogP contribution >= 0.6 is 0 Å². The highest BCUT2D eigenvalue weighted by atomic mass is 16.5. The monoisotopic (exact) mass is 269 g/mol. The highest BCUT2D eigenvalue weighted by molar-refractivity contribution is 5.42. The highest BCUT2D eigenvalue weighted by Gasteiger charge is 2.20. The molecule has 0 fully saturated rings. The third kappa shape index (κ3) is 2.83. The lowest BCUT2D eigenvalue weighted by Crippen LogP contribution is -2.12. The van der Waals surface area contributed by atoms with Crippen LogP contribution in [0.3, 0.4) is 0 Å². The Morgan fingerprint density at radius 1 is 1.25 bits per heavy atom. The Balaban J connectivity index is 1.67. The van der Waals surface area contributed by atoms with Crippen molar-refractivity contribution in [2.45, 2.75) is 31.8 Å². The van der Waals surface area contributed by atoms with E-state index in [0.29, 0.717) is 6.61 Å². The number of hydrogen-bond donors (Lipinski definition) is 1. The van der Waals surface area contributed by atoms with E-state index in [2.05, 4.69) is 11.1 Å². The number of aromatic nitrogens is 1. The van der Waals surface area contributed by atoms with Gasteiger partial charge in [0.2, 0.25) is 0 Å². The number of ether oxygens (including phenoxy) is 1. The van der Waals surface area contributed by atoms with Crippen molar-refractivity contribution >= 4 is 0 Å². The Bertz CT molecular complexity index is 568. The molecule has 0 amide bonds. The molecule has 1 aromatic heterocycles. The first-order valence-corrected chi connectivity index (χ1v) is 7.16. The maximum Gasteiger partial charge on any atom is 0.122 e. The van der Waals surface area contributed by atoms with Gasteiger partial charge in [0.05, 0.1) is 12.7 Å². The molecule has 1 N–H and O–H groups in total. The van der Waals surface area contributed by atoms with Crippen LogP contribution in [0.5, 0.6) is 5.75 Å². The molecule has 0 saturated carbocycles. The van der Waals surface area contributed by atoms with Gasteiger partial charge in [-0.3, -0.25) is 4.98 Å². The van der Waals surface area contributed by atoms with Crippen molar-refractivity contribution in [3.8, 4) is 5.75 Å². The first kappa shape index (κ1) is 13.1. The number of pyridine rings is 1. The van der Waals surface area contributed by atoms with E-state index in [4.69, 9.17) is 4.74 Å². The minimum Gasteiger partial charge on any atom is -0.493 e. The topological polar surface area (TPSA) is 42.4 Å². The third-order valence-corrected chi connectivity index (χ3v) is 3.80. The molecule has 0 radical (unpaired) electrons. The lowest BCUT2D eigenvalue weighted by atomic mass is 9.89. The van der Waals surface area contributed by atoms with Gasteiger partial charge in [-0.25, -0.2) is 0 Å². The Morgan fingerprint density at radius 2 is 2.20 bits per heavy atom. The molecule has 3 rings (SSSR count). The summed E-state index contributed by atoms with van der Waals surface area (Å²) < 4.78 is 5.92. The van der Waals surface area contributed by atoms with E-state index < -0.39 is 0 Å². The normalized spacial score (nSPS) is 17.6. The molecule has 2 aromatic rings. The van der Waals surface area contributed by atoms with Crippen molar-refractivity contribution in [1.82, 2.24) is 4.98 Å². The summed E-state index contributed by atoms with van der Waals surface area (Å²) in [5.41, 5.74) is 3.39. The maximum atomic E-state index is 10.0. The second-order valence-electron chi connectivity index (χ2n) is 5.19. The smallest absolute Gasteiger partial charge is 0.122 e. The van der Waals surface area contributed by atoms with Crippen LogP contribution in [0.25, 0.3) is 0 Å². The summed E-state index contributed by atoms with van der Waals surface area (Å²) in [6.45, 7) is 0.637. The van der Waals surface area contributed by atoms with Crippen LogP contribution in [0.1, 0.15) is 35.6 Å². The Labute approximate surface area is 119 Å². The van der Waals surface area contributed by atoms with Crippen molar-refractivity contribution < 1.29 is 9.84 Å². The predicted molar refractivity (Wildman–Crippen MR) is 77.8 cm³/mol. The van der Waals surface area contributed by atoms with Crippen molar-refractivity contribution in [2.24, 2.45) is 0 Å². The first-order chi connectivity index (χ1) is 9.84. The predicted octanol–water partition coefficient (Wildman–Crippen LogP) is 3.07. The molecule has 3 heteroatoms. The van der Waals surface area contributed by atoms with Crippen LogP contribution in [0.15, 0.2) is 42.7 Å². The van der Waals surface area contributed by atoms with Crippen molar-refractivity contribution in [3.05, 3.63) is 59.4 Å². The Kier molecular flexibility index (Phi) is 3.97. The molecule has 0 aliphatic heterocycles. The van der Waals surface area contributed by atoms with Crippen LogP contribution in [-0.2, 0) is 12.8 Å². The summed E-state index contributed by atoms with van der Waals surface area (Å²) in [5, 5.41) is 10.0. The number of aliphatic hydroxyl groups is 1. The summed E-state index contributed by atoms with van der Waals surface area (Å²) in [5.74, 6) is 0.921. The van der Waals surface area contributed by atoms with Crippen molar-refractivity contribution in [3.63, 3.8) is 0 Å². The number of benzene rings is 1. The van der Waals surface area contributed by atoms with E-state index in [-0.39, 0.29) is 6.10 Å². The van der Waals surface area contributed by atoms with Gasteiger partial charge in [-0.2, -0.15) is 0 Å². The molecule has 20 heavy (non-hydrogen) atoms. The zero-order valence-electron chi connectivity index (χ0n) is 11.5. The quantitative estimate of drug-likeness (QED) is 0.927. The van der Waals surface area contributed by atoms with Gasteiger partial charge in [0.15, 0.2) is 0 Å². The Hall–Kier alpha value is -1.87. The minimum absolute atomic E-state index is 0.333. The second-order valence-corrected chi connectivity index (χ2v) is 5.19. The molecule has 3 nitrogen and oxygen atoms in total. The van der Waals surface area contributed by atoms with E-state index in [1.54, 1.807) is 6.20 Å². The number of rotatable bonds is 4. The molecule has 0 saturated heterocycles. The fourth-order valence-electron chi connectivity index (χ4n) is 2.75. The zero-order chi connectivity index (χ0) is 13.8. The van der Waals surface area contributed by atoms with Gasteiger partial charge in [-0.15, -0.1) is 0 Å². The molecule has 1 aromatic carbocycles. The molecule has 1 atom stereocenters. The van der Waals surface area contributed by atoms with Crippen molar-refractivity contribution in [1.29, 1.82) is 0 Å². The molecule has 0 bridgehead atoms. The van der Waals surface area contributed by atoms with Crippen LogP contribution in [0.4, 0.5) is 0 Å². The summed E-state index contributed by atoms with van der Waals surface area (Å²) in [7, 11) is 0. The average Bonchev–Trinajstić information content (AvgIpc) is 2.49. The standard InChI is InChI=1S/C17H19NO2/c19-16-7-1-6-15-14(16)5-2-8-17(15)20-11-9-13-4-3-10-18-12-13/h2-5,8,10,12,16,19H,1,6-7,9,11H2.